The SMILES string of the molecule is O=c1ccn2[nH]c(C3=CCCC3)cc2c1. The molecule has 2 aromatic heterocycles. The Morgan fingerprint density at radius 2 is 2.27 bits per heavy atom. The summed E-state index contributed by atoms with van der Waals surface area (Å²) in [7, 11) is 0. The number of aromatic nitrogens is 2. The van der Waals surface area contributed by atoms with Crippen LogP contribution < -0.4 is 5.43 Å². The van der Waals surface area contributed by atoms with Gasteiger partial charge in [-0.3, -0.25) is 14.4 Å². The van der Waals surface area contributed by atoms with Crippen LogP contribution in [-0.4, -0.2) is 9.61 Å². The summed E-state index contributed by atoms with van der Waals surface area (Å²) < 4.78 is 1.88. The van der Waals surface area contributed by atoms with E-state index in [1.54, 1.807) is 18.3 Å². The maximum absolute atomic E-state index is 11.2. The van der Waals surface area contributed by atoms with E-state index in [1.165, 1.54) is 18.4 Å². The number of H-pyrrole nitrogens is 1. The zero-order chi connectivity index (χ0) is 10.3. The largest absolute Gasteiger partial charge is 0.294 e. The van der Waals surface area contributed by atoms with Gasteiger partial charge < -0.3 is 0 Å². The lowest BCUT2D eigenvalue weighted by molar-refractivity contribution is 0.917. The van der Waals surface area contributed by atoms with Crippen molar-refractivity contribution in [2.24, 2.45) is 0 Å². The van der Waals surface area contributed by atoms with Gasteiger partial charge in [0.05, 0.1) is 11.2 Å². The molecule has 0 spiro atoms. The number of nitrogens with one attached hydrogen (secondary N) is 1. The van der Waals surface area contributed by atoms with Gasteiger partial charge in [0.1, 0.15) is 0 Å². The van der Waals surface area contributed by atoms with E-state index in [4.69, 9.17) is 0 Å². The first-order valence-corrected chi connectivity index (χ1v) is 5.24. The molecule has 0 aliphatic heterocycles. The minimum atomic E-state index is 0.0564. The van der Waals surface area contributed by atoms with Crippen molar-refractivity contribution in [3.63, 3.8) is 0 Å². The highest BCUT2D eigenvalue weighted by Crippen LogP contribution is 2.26. The molecule has 0 fully saturated rings. The van der Waals surface area contributed by atoms with Gasteiger partial charge in [-0.25, -0.2) is 0 Å². The van der Waals surface area contributed by atoms with Crippen LogP contribution in [0, 0.1) is 0 Å². The van der Waals surface area contributed by atoms with E-state index in [1.807, 2.05) is 10.6 Å². The fourth-order valence-electron chi connectivity index (χ4n) is 2.10. The molecule has 3 nitrogen and oxygen atoms in total. The van der Waals surface area contributed by atoms with Gasteiger partial charge in [0.15, 0.2) is 5.43 Å². The smallest absolute Gasteiger partial charge is 0.182 e. The second-order valence-corrected chi connectivity index (χ2v) is 3.95. The molecule has 0 saturated carbocycles. The highest BCUT2D eigenvalue weighted by molar-refractivity contribution is 5.68. The van der Waals surface area contributed by atoms with Gasteiger partial charge in [0.25, 0.3) is 0 Å². The molecule has 0 unspecified atom stereocenters. The Morgan fingerprint density at radius 3 is 3.07 bits per heavy atom. The van der Waals surface area contributed by atoms with Gasteiger partial charge in [0, 0.05) is 18.3 Å². The number of nitrogens with zero attached hydrogens (tertiary/aromatic N) is 1. The number of aromatic amines is 1. The van der Waals surface area contributed by atoms with Gasteiger partial charge in [-0.1, -0.05) is 6.08 Å². The molecule has 2 heterocycles. The molecule has 0 aromatic carbocycles. The Hall–Kier alpha value is -1.77. The van der Waals surface area contributed by atoms with Crippen LogP contribution in [0.1, 0.15) is 25.0 Å². The standard InChI is InChI=1S/C12H12N2O/c15-11-5-6-14-10(7-11)8-12(13-14)9-3-1-2-4-9/h3,5-8,13H,1-2,4H2. The summed E-state index contributed by atoms with van der Waals surface area (Å²) in [5, 5.41) is 3.27. The van der Waals surface area contributed by atoms with E-state index < -0.39 is 0 Å². The van der Waals surface area contributed by atoms with Gasteiger partial charge in [-0.2, -0.15) is 0 Å². The number of pyridine rings is 1. The van der Waals surface area contributed by atoms with Crippen LogP contribution >= 0.6 is 0 Å². The van der Waals surface area contributed by atoms with Crippen LogP contribution in [0.2, 0.25) is 0 Å². The lowest BCUT2D eigenvalue weighted by atomic mass is 10.2. The first-order valence-electron chi connectivity index (χ1n) is 5.24. The fraction of sp³-hybridized carbons (Fsp3) is 0.250. The molecule has 76 valence electrons. The molecule has 3 heteroatoms. The monoisotopic (exact) mass is 200 g/mol. The maximum atomic E-state index is 11.2. The maximum Gasteiger partial charge on any atom is 0.182 e. The zero-order valence-electron chi connectivity index (χ0n) is 8.36. The third kappa shape index (κ3) is 1.40. The third-order valence-corrected chi connectivity index (χ3v) is 2.88. The first kappa shape index (κ1) is 8.53. The van der Waals surface area contributed by atoms with Crippen LogP contribution in [-0.2, 0) is 0 Å². The van der Waals surface area contributed by atoms with E-state index in [-0.39, 0.29) is 5.43 Å². The summed E-state index contributed by atoms with van der Waals surface area (Å²) in [5.41, 5.74) is 3.50. The van der Waals surface area contributed by atoms with Crippen LogP contribution in [0.15, 0.2) is 35.3 Å². The predicted molar refractivity (Wildman–Crippen MR) is 59.8 cm³/mol. The van der Waals surface area contributed by atoms with Crippen molar-refractivity contribution in [2.75, 3.05) is 0 Å². The molecule has 3 rings (SSSR count). The molecule has 0 bridgehead atoms. The van der Waals surface area contributed by atoms with E-state index >= 15 is 0 Å². The molecule has 0 atom stereocenters. The lowest BCUT2D eigenvalue weighted by Crippen LogP contribution is -1.98. The van der Waals surface area contributed by atoms with Crippen LogP contribution in [0.5, 0.6) is 0 Å². The molecule has 0 saturated heterocycles. The Balaban J connectivity index is 2.17. The zero-order valence-corrected chi connectivity index (χ0v) is 8.36. The molecule has 0 amide bonds. The van der Waals surface area contributed by atoms with Crippen molar-refractivity contribution in [1.82, 2.24) is 9.61 Å². The minimum absolute atomic E-state index is 0.0564. The van der Waals surface area contributed by atoms with Crippen LogP contribution in [0.3, 0.4) is 0 Å². The predicted octanol–water partition coefficient (Wildman–Crippen LogP) is 2.19. The highest BCUT2D eigenvalue weighted by atomic mass is 16.1. The summed E-state index contributed by atoms with van der Waals surface area (Å²) in [5.74, 6) is 0. The fourth-order valence-corrected chi connectivity index (χ4v) is 2.10. The van der Waals surface area contributed by atoms with Gasteiger partial charge in [-0.15, -0.1) is 0 Å². The van der Waals surface area contributed by atoms with Crippen LogP contribution in [0.25, 0.3) is 11.1 Å². The van der Waals surface area contributed by atoms with Crippen molar-refractivity contribution in [3.8, 4) is 0 Å². The van der Waals surface area contributed by atoms with Crippen molar-refractivity contribution in [3.05, 3.63) is 46.4 Å². The summed E-state index contributed by atoms with van der Waals surface area (Å²) in [4.78, 5) is 11.2. The molecule has 0 radical (unpaired) electrons. The van der Waals surface area contributed by atoms with Crippen molar-refractivity contribution >= 4 is 11.1 Å². The van der Waals surface area contributed by atoms with Gasteiger partial charge in [-0.05, 0) is 30.9 Å². The molecule has 1 aliphatic rings. The van der Waals surface area contributed by atoms with Crippen molar-refractivity contribution in [2.45, 2.75) is 19.3 Å². The summed E-state index contributed by atoms with van der Waals surface area (Å²) in [6.45, 7) is 0. The topological polar surface area (TPSA) is 37.3 Å². The Bertz CT molecular complexity index is 589. The van der Waals surface area contributed by atoms with Crippen LogP contribution in [0.4, 0.5) is 0 Å². The van der Waals surface area contributed by atoms with Gasteiger partial charge in [0.2, 0.25) is 0 Å². The van der Waals surface area contributed by atoms with Gasteiger partial charge >= 0.3 is 0 Å². The minimum Gasteiger partial charge on any atom is -0.294 e. The van der Waals surface area contributed by atoms with E-state index in [2.05, 4.69) is 11.2 Å². The van der Waals surface area contributed by atoms with Crippen molar-refractivity contribution in [1.29, 1.82) is 0 Å². The lowest BCUT2D eigenvalue weighted by Gasteiger charge is -1.95. The number of hydrogen-bond acceptors (Lipinski definition) is 1. The van der Waals surface area contributed by atoms with E-state index in [0.717, 1.165) is 17.6 Å². The first-order chi connectivity index (χ1) is 7.33. The Kier molecular flexibility index (Phi) is 1.78. The number of allylic oxidation sites excluding steroid dienone is 2. The van der Waals surface area contributed by atoms with E-state index in [9.17, 15) is 4.79 Å². The average Bonchev–Trinajstić information content (AvgIpc) is 2.84. The molecule has 1 aliphatic carbocycles. The Labute approximate surface area is 87.0 Å². The van der Waals surface area contributed by atoms with Crippen molar-refractivity contribution < 1.29 is 0 Å². The summed E-state index contributed by atoms with van der Waals surface area (Å²) >= 11 is 0. The Morgan fingerprint density at radius 1 is 1.33 bits per heavy atom. The average molecular weight is 200 g/mol. The molecular weight excluding hydrogens is 188 g/mol. The number of fused-ring (bicyclic) bond motifs is 1. The number of rotatable bonds is 1. The quantitative estimate of drug-likeness (QED) is 0.752. The molecular formula is C12H12N2O. The second kappa shape index (κ2) is 3.12. The molecule has 2 aromatic rings. The summed E-state index contributed by atoms with van der Waals surface area (Å²) in [6, 6.07) is 5.25. The summed E-state index contributed by atoms with van der Waals surface area (Å²) in [6.07, 6.45) is 7.59. The highest BCUT2D eigenvalue weighted by Gasteiger charge is 2.09. The normalized spacial score (nSPS) is 15.9. The molecule has 1 N–H and O–H groups in total. The third-order valence-electron chi connectivity index (χ3n) is 2.88. The molecule has 15 heavy (non-hydrogen) atoms. The second-order valence-electron chi connectivity index (χ2n) is 3.95. The number of hydrogen-bond donors (Lipinski definition) is 1. The van der Waals surface area contributed by atoms with E-state index in [0.29, 0.717) is 0 Å².